The lowest BCUT2D eigenvalue weighted by Crippen LogP contribution is -2.33. The first-order valence-electron chi connectivity index (χ1n) is 13.6. The van der Waals surface area contributed by atoms with Crippen LogP contribution in [0.5, 0.6) is 0 Å². The van der Waals surface area contributed by atoms with Crippen molar-refractivity contribution in [1.29, 1.82) is 0 Å². The number of thioether (sulfide) groups is 1. The molecule has 1 aliphatic carbocycles. The van der Waals surface area contributed by atoms with Crippen molar-refractivity contribution in [1.82, 2.24) is 18.7 Å². The number of nitrogens with one attached hydrogen (secondary N) is 1. The van der Waals surface area contributed by atoms with E-state index in [0.717, 1.165) is 37.4 Å². The molecule has 4 heterocycles. The normalized spacial score (nSPS) is 20.4. The summed E-state index contributed by atoms with van der Waals surface area (Å²) in [6.45, 7) is 4.04. The van der Waals surface area contributed by atoms with Gasteiger partial charge in [-0.3, -0.25) is 28.4 Å². The maximum atomic E-state index is 13.8. The van der Waals surface area contributed by atoms with Crippen LogP contribution in [-0.2, 0) is 11.8 Å². The summed E-state index contributed by atoms with van der Waals surface area (Å²) in [5.41, 5.74) is 1.65. The van der Waals surface area contributed by atoms with Crippen LogP contribution in [0, 0.1) is 12.8 Å². The van der Waals surface area contributed by atoms with Gasteiger partial charge in [0.2, 0.25) is 0 Å². The molecule has 9 nitrogen and oxygen atoms in total. The van der Waals surface area contributed by atoms with E-state index in [1.807, 2.05) is 36.4 Å². The number of aromatic nitrogens is 4. The Kier molecular flexibility index (Phi) is 7.16. The molecular weight excluding hydrogens is 557 g/mol. The molecule has 210 valence electrons. The Morgan fingerprint density at radius 3 is 2.44 bits per heavy atom. The molecule has 11 heteroatoms. The Balaban J connectivity index is 1.42. The predicted molar refractivity (Wildman–Crippen MR) is 168 cm³/mol. The Hall–Kier alpha value is -3.96. The van der Waals surface area contributed by atoms with Crippen molar-refractivity contribution in [3.63, 3.8) is 0 Å². The number of hydrogen-bond donors (Lipinski definition) is 1. The van der Waals surface area contributed by atoms with Crippen molar-refractivity contribution in [2.24, 2.45) is 13.0 Å². The second kappa shape index (κ2) is 10.8. The number of amides is 1. The number of fused-ring (bicyclic) bond motifs is 1. The van der Waals surface area contributed by atoms with Crippen LogP contribution in [0.25, 0.3) is 17.4 Å². The number of carbonyl (C=O) groups is 1. The van der Waals surface area contributed by atoms with Crippen molar-refractivity contribution >= 4 is 57.4 Å². The van der Waals surface area contributed by atoms with E-state index >= 15 is 0 Å². The zero-order chi connectivity index (χ0) is 28.8. The fraction of sp³-hybridized carbons (Fsp3) is 0.300. The van der Waals surface area contributed by atoms with Gasteiger partial charge in [-0.25, -0.2) is 9.67 Å². The minimum absolute atomic E-state index is 0.189. The highest BCUT2D eigenvalue weighted by Crippen LogP contribution is 2.37. The van der Waals surface area contributed by atoms with Gasteiger partial charge in [0.05, 0.1) is 21.8 Å². The average molecular weight is 587 g/mol. The summed E-state index contributed by atoms with van der Waals surface area (Å²) < 4.78 is 4.93. The van der Waals surface area contributed by atoms with Gasteiger partial charge in [0.15, 0.2) is 4.32 Å². The molecule has 0 spiro atoms. The van der Waals surface area contributed by atoms with E-state index in [1.54, 1.807) is 43.1 Å². The van der Waals surface area contributed by atoms with Crippen LogP contribution in [0.2, 0.25) is 0 Å². The lowest BCUT2D eigenvalue weighted by Gasteiger charge is -2.27. The third-order valence-electron chi connectivity index (χ3n) is 7.94. The van der Waals surface area contributed by atoms with E-state index in [4.69, 9.17) is 17.2 Å². The van der Waals surface area contributed by atoms with Crippen LogP contribution in [0.4, 0.5) is 11.5 Å². The van der Waals surface area contributed by atoms with Gasteiger partial charge >= 0.3 is 0 Å². The number of carbonyl (C=O) groups excluding carboxylic acids is 1. The van der Waals surface area contributed by atoms with Gasteiger partial charge in [0, 0.05) is 19.3 Å². The highest BCUT2D eigenvalue weighted by atomic mass is 32.2. The lowest BCUT2D eigenvalue weighted by atomic mass is 9.87. The average Bonchev–Trinajstić information content (AvgIpc) is 3.36. The largest absolute Gasteiger partial charge is 0.367 e. The molecule has 1 aromatic carbocycles. The number of para-hydroxylation sites is 1. The highest BCUT2D eigenvalue weighted by Gasteiger charge is 2.38. The SMILES string of the molecule is Cc1c(N2C(=O)/C(=C\c3c(NC4CCC(C)CC4)nc4ccccn4c3=O)SC2=S)c(=O)n(-c2ccccc2)n1C. The van der Waals surface area contributed by atoms with Crippen LogP contribution in [-0.4, -0.2) is 35.0 Å². The molecule has 1 saturated carbocycles. The Bertz CT molecular complexity index is 1830. The molecule has 41 heavy (non-hydrogen) atoms. The van der Waals surface area contributed by atoms with E-state index in [1.165, 1.54) is 14.0 Å². The van der Waals surface area contributed by atoms with Gasteiger partial charge in [0.1, 0.15) is 17.2 Å². The molecule has 1 saturated heterocycles. The van der Waals surface area contributed by atoms with E-state index in [2.05, 4.69) is 12.2 Å². The summed E-state index contributed by atoms with van der Waals surface area (Å²) in [7, 11) is 1.77. The molecule has 0 unspecified atom stereocenters. The molecule has 1 N–H and O–H groups in total. The quantitative estimate of drug-likeness (QED) is 0.263. The summed E-state index contributed by atoms with van der Waals surface area (Å²) in [5, 5.41) is 3.50. The molecule has 1 amide bonds. The molecule has 6 rings (SSSR count). The first-order chi connectivity index (χ1) is 19.7. The second-order valence-corrected chi connectivity index (χ2v) is 12.3. The zero-order valence-electron chi connectivity index (χ0n) is 23.0. The Morgan fingerprint density at radius 1 is 1.00 bits per heavy atom. The van der Waals surface area contributed by atoms with E-state index < -0.39 is 5.91 Å². The number of thiocarbonyl (C=S) groups is 1. The van der Waals surface area contributed by atoms with Crippen molar-refractivity contribution in [2.45, 2.75) is 45.6 Å². The maximum Gasteiger partial charge on any atom is 0.296 e. The second-order valence-electron chi connectivity index (χ2n) is 10.6. The summed E-state index contributed by atoms with van der Waals surface area (Å²) >= 11 is 6.70. The molecule has 0 radical (unpaired) electrons. The third kappa shape index (κ3) is 4.82. The number of anilines is 2. The standard InChI is InChI=1S/C30H30N6O3S2/c1-18-12-14-20(15-13-18)31-26-22(27(37)34-16-8-7-11-24(34)32-26)17-23-28(38)35(30(40)41-23)25-19(2)33(3)36(29(25)39)21-9-5-4-6-10-21/h4-11,16-18,20,31H,12-15H2,1-3H3/b23-17+. The number of nitrogens with zero attached hydrogens (tertiary/aromatic N) is 5. The van der Waals surface area contributed by atoms with Gasteiger partial charge in [-0.05, 0) is 68.9 Å². The van der Waals surface area contributed by atoms with Gasteiger partial charge < -0.3 is 5.32 Å². The first-order valence-corrected chi connectivity index (χ1v) is 14.9. The Labute approximate surface area is 246 Å². The maximum absolute atomic E-state index is 13.8. The van der Waals surface area contributed by atoms with Crippen LogP contribution >= 0.6 is 24.0 Å². The molecule has 4 aromatic rings. The van der Waals surface area contributed by atoms with Crippen molar-refractivity contribution in [3.05, 3.63) is 91.6 Å². The molecule has 0 atom stereocenters. The van der Waals surface area contributed by atoms with Gasteiger partial charge in [-0.15, -0.1) is 0 Å². The van der Waals surface area contributed by atoms with Crippen molar-refractivity contribution in [2.75, 3.05) is 10.2 Å². The van der Waals surface area contributed by atoms with Crippen molar-refractivity contribution < 1.29 is 4.79 Å². The van der Waals surface area contributed by atoms with Crippen molar-refractivity contribution in [3.8, 4) is 5.69 Å². The highest BCUT2D eigenvalue weighted by molar-refractivity contribution is 8.27. The topological polar surface area (TPSA) is 93.6 Å². The van der Waals surface area contributed by atoms with Crippen LogP contribution in [0.1, 0.15) is 43.9 Å². The summed E-state index contributed by atoms with van der Waals surface area (Å²) in [6.07, 6.45) is 7.41. The Morgan fingerprint density at radius 2 is 1.71 bits per heavy atom. The fourth-order valence-electron chi connectivity index (χ4n) is 5.54. The molecule has 0 bridgehead atoms. The molecule has 3 aromatic heterocycles. The monoisotopic (exact) mass is 586 g/mol. The number of benzene rings is 1. The van der Waals surface area contributed by atoms with Crippen LogP contribution < -0.4 is 21.3 Å². The van der Waals surface area contributed by atoms with E-state index in [9.17, 15) is 14.4 Å². The van der Waals surface area contributed by atoms with Crippen LogP contribution in [0.3, 0.4) is 0 Å². The fourth-order valence-corrected chi connectivity index (χ4v) is 6.80. The summed E-state index contributed by atoms with van der Waals surface area (Å²) in [4.78, 5) is 47.5. The summed E-state index contributed by atoms with van der Waals surface area (Å²) in [6, 6.07) is 14.8. The number of pyridine rings is 1. The molecule has 1 aliphatic heterocycles. The first kappa shape index (κ1) is 27.2. The van der Waals surface area contributed by atoms with Gasteiger partial charge in [-0.2, -0.15) is 0 Å². The number of rotatable bonds is 5. The minimum Gasteiger partial charge on any atom is -0.367 e. The van der Waals surface area contributed by atoms with Crippen LogP contribution in [0.15, 0.2) is 69.2 Å². The zero-order valence-corrected chi connectivity index (χ0v) is 24.7. The molecule has 2 aliphatic rings. The van der Waals surface area contributed by atoms with Gasteiger partial charge in [0.25, 0.3) is 17.0 Å². The van der Waals surface area contributed by atoms with E-state index in [0.29, 0.717) is 34.3 Å². The number of hydrogen-bond acceptors (Lipinski definition) is 7. The van der Waals surface area contributed by atoms with Gasteiger partial charge in [-0.1, -0.05) is 55.2 Å². The smallest absolute Gasteiger partial charge is 0.296 e. The molecular formula is C30H30N6O3S2. The predicted octanol–water partition coefficient (Wildman–Crippen LogP) is 4.89. The summed E-state index contributed by atoms with van der Waals surface area (Å²) in [5.74, 6) is 0.687. The lowest BCUT2D eigenvalue weighted by molar-refractivity contribution is -0.113. The molecule has 2 fully saturated rings. The minimum atomic E-state index is -0.444. The third-order valence-corrected chi connectivity index (χ3v) is 9.24. The van der Waals surface area contributed by atoms with E-state index in [-0.39, 0.29) is 32.1 Å².